The Balaban J connectivity index is 2.15. The van der Waals surface area contributed by atoms with Gasteiger partial charge in [-0.05, 0) is 48.6 Å². The van der Waals surface area contributed by atoms with E-state index in [-0.39, 0.29) is 11.2 Å². The lowest BCUT2D eigenvalue weighted by Gasteiger charge is -2.38. The molecule has 2 heteroatoms. The van der Waals surface area contributed by atoms with Crippen LogP contribution in [-0.2, 0) is 4.79 Å². The summed E-state index contributed by atoms with van der Waals surface area (Å²) in [6.45, 7) is 11.6. The summed E-state index contributed by atoms with van der Waals surface area (Å²) in [5, 5.41) is 0. The lowest BCUT2D eigenvalue weighted by Crippen LogP contribution is -2.41. The van der Waals surface area contributed by atoms with Gasteiger partial charge in [0.15, 0.2) is 5.78 Å². The van der Waals surface area contributed by atoms with Gasteiger partial charge in [0, 0.05) is 6.54 Å². The molecule has 0 bridgehead atoms. The molecule has 0 radical (unpaired) electrons. The van der Waals surface area contributed by atoms with Crippen LogP contribution < -0.4 is 0 Å². The molecule has 0 spiro atoms. The van der Waals surface area contributed by atoms with Crippen LogP contribution in [0, 0.1) is 5.41 Å². The summed E-state index contributed by atoms with van der Waals surface area (Å²) in [4.78, 5) is 14.0. The molecule has 1 aliphatic heterocycles. The number of carbonyl (C=O) groups is 1. The number of ketones is 1. The van der Waals surface area contributed by atoms with E-state index >= 15 is 0 Å². The zero-order valence-corrected chi connectivity index (χ0v) is 9.68. The van der Waals surface area contributed by atoms with Gasteiger partial charge in [0.2, 0.25) is 0 Å². The van der Waals surface area contributed by atoms with Crippen molar-refractivity contribution >= 4 is 5.78 Å². The number of nitrogens with zero attached hydrogens (tertiary/aromatic N) is 1. The molecule has 1 saturated heterocycles. The van der Waals surface area contributed by atoms with E-state index in [1.807, 2.05) is 6.08 Å². The van der Waals surface area contributed by atoms with E-state index in [0.717, 1.165) is 18.5 Å². The predicted molar refractivity (Wildman–Crippen MR) is 61.7 cm³/mol. The predicted octanol–water partition coefficient (Wildman–Crippen LogP) is 2.17. The van der Waals surface area contributed by atoms with Crippen LogP contribution in [0.1, 0.15) is 26.7 Å². The summed E-state index contributed by atoms with van der Waals surface area (Å²) in [5.74, 6) is 0.129. The fourth-order valence-corrected chi connectivity index (χ4v) is 2.23. The molecule has 2 rings (SSSR count). The third-order valence-electron chi connectivity index (χ3n) is 3.52. The van der Waals surface area contributed by atoms with Crippen LogP contribution in [0.3, 0.4) is 0 Å². The maximum absolute atomic E-state index is 11.6. The second kappa shape index (κ2) is 3.60. The normalized spacial score (nSPS) is 26.1. The second-order valence-corrected chi connectivity index (χ2v) is 5.33. The molecule has 1 aliphatic carbocycles. The Morgan fingerprint density at radius 3 is 2.67 bits per heavy atom. The largest absolute Gasteiger partial charge is 0.299 e. The topological polar surface area (TPSA) is 20.3 Å². The third-order valence-corrected chi connectivity index (χ3v) is 3.52. The first-order valence-electron chi connectivity index (χ1n) is 5.64. The molecular weight excluding hydrogens is 186 g/mol. The standard InChI is InChI=1S/C13H19NO/c1-10-8-13(2,3)11(7-12(10)15)9-14-5-4-6-14/h7H,1,4-6,8-9H2,2-3H3. The monoisotopic (exact) mass is 205 g/mol. The van der Waals surface area contributed by atoms with Crippen molar-refractivity contribution in [3.05, 3.63) is 23.8 Å². The Labute approximate surface area is 91.6 Å². The lowest BCUT2D eigenvalue weighted by molar-refractivity contribution is -0.112. The van der Waals surface area contributed by atoms with Gasteiger partial charge in [0.25, 0.3) is 0 Å². The van der Waals surface area contributed by atoms with E-state index < -0.39 is 0 Å². The first-order chi connectivity index (χ1) is 6.99. The van der Waals surface area contributed by atoms with Crippen molar-refractivity contribution in [1.29, 1.82) is 0 Å². The third kappa shape index (κ3) is 2.05. The molecule has 0 amide bonds. The zero-order chi connectivity index (χ0) is 11.1. The highest BCUT2D eigenvalue weighted by atomic mass is 16.1. The summed E-state index contributed by atoms with van der Waals surface area (Å²) in [6.07, 6.45) is 3.92. The van der Waals surface area contributed by atoms with Gasteiger partial charge >= 0.3 is 0 Å². The summed E-state index contributed by atoms with van der Waals surface area (Å²) < 4.78 is 0. The van der Waals surface area contributed by atoms with Crippen molar-refractivity contribution in [3.63, 3.8) is 0 Å². The molecule has 82 valence electrons. The van der Waals surface area contributed by atoms with Crippen LogP contribution in [0.2, 0.25) is 0 Å². The Morgan fingerprint density at radius 1 is 1.47 bits per heavy atom. The van der Waals surface area contributed by atoms with Gasteiger partial charge in [0.05, 0.1) is 0 Å². The van der Waals surface area contributed by atoms with Crippen LogP contribution in [-0.4, -0.2) is 30.3 Å². The molecule has 0 unspecified atom stereocenters. The highest BCUT2D eigenvalue weighted by molar-refractivity contribution is 6.05. The van der Waals surface area contributed by atoms with Crippen molar-refractivity contribution in [2.75, 3.05) is 19.6 Å². The van der Waals surface area contributed by atoms with Gasteiger partial charge in [0.1, 0.15) is 0 Å². The highest BCUT2D eigenvalue weighted by Crippen LogP contribution is 2.38. The van der Waals surface area contributed by atoms with Crippen molar-refractivity contribution in [2.24, 2.45) is 5.41 Å². The van der Waals surface area contributed by atoms with Crippen molar-refractivity contribution < 1.29 is 4.79 Å². The Bertz CT molecular complexity index is 334. The quantitative estimate of drug-likeness (QED) is 0.644. The number of likely N-dealkylation sites (tertiary alicyclic amines) is 1. The summed E-state index contributed by atoms with van der Waals surface area (Å²) >= 11 is 0. The Hall–Kier alpha value is -0.890. The molecule has 1 fully saturated rings. The van der Waals surface area contributed by atoms with E-state index in [1.165, 1.54) is 25.1 Å². The van der Waals surface area contributed by atoms with E-state index in [9.17, 15) is 4.79 Å². The molecule has 0 aromatic heterocycles. The van der Waals surface area contributed by atoms with Crippen LogP contribution in [0.15, 0.2) is 23.8 Å². The van der Waals surface area contributed by atoms with Crippen LogP contribution >= 0.6 is 0 Å². The second-order valence-electron chi connectivity index (χ2n) is 5.33. The molecule has 2 nitrogen and oxygen atoms in total. The van der Waals surface area contributed by atoms with Gasteiger partial charge in [-0.1, -0.05) is 20.4 Å². The van der Waals surface area contributed by atoms with Gasteiger partial charge in [-0.25, -0.2) is 0 Å². The van der Waals surface area contributed by atoms with Crippen LogP contribution in [0.4, 0.5) is 0 Å². The smallest absolute Gasteiger partial charge is 0.181 e. The number of hydrogen-bond acceptors (Lipinski definition) is 2. The van der Waals surface area contributed by atoms with E-state index in [1.54, 1.807) is 0 Å². The highest BCUT2D eigenvalue weighted by Gasteiger charge is 2.32. The molecule has 0 saturated carbocycles. The molecular formula is C13H19NO. The minimum Gasteiger partial charge on any atom is -0.299 e. The van der Waals surface area contributed by atoms with E-state index in [4.69, 9.17) is 0 Å². The van der Waals surface area contributed by atoms with Gasteiger partial charge in [-0.2, -0.15) is 0 Å². The SMILES string of the molecule is C=C1CC(C)(C)C(CN2CCC2)=CC1=O. The Morgan fingerprint density at radius 2 is 2.13 bits per heavy atom. The first kappa shape index (κ1) is 10.6. The van der Waals surface area contributed by atoms with Crippen molar-refractivity contribution in [1.82, 2.24) is 4.90 Å². The van der Waals surface area contributed by atoms with Crippen LogP contribution in [0.25, 0.3) is 0 Å². The minimum atomic E-state index is 0.112. The van der Waals surface area contributed by atoms with E-state index in [2.05, 4.69) is 25.3 Å². The molecule has 0 atom stereocenters. The fourth-order valence-electron chi connectivity index (χ4n) is 2.23. The average molecular weight is 205 g/mol. The number of carbonyl (C=O) groups excluding carboxylic acids is 1. The van der Waals surface area contributed by atoms with Gasteiger partial charge in [-0.15, -0.1) is 0 Å². The molecule has 0 aromatic carbocycles. The van der Waals surface area contributed by atoms with Crippen molar-refractivity contribution in [3.8, 4) is 0 Å². The number of hydrogen-bond donors (Lipinski definition) is 0. The average Bonchev–Trinajstić information content (AvgIpc) is 2.05. The number of allylic oxidation sites excluding steroid dienone is 2. The van der Waals surface area contributed by atoms with Gasteiger partial charge in [-0.3, -0.25) is 9.69 Å². The fraction of sp³-hybridized carbons (Fsp3) is 0.615. The van der Waals surface area contributed by atoms with Crippen molar-refractivity contribution in [2.45, 2.75) is 26.7 Å². The summed E-state index contributed by atoms with van der Waals surface area (Å²) in [7, 11) is 0. The Kier molecular flexibility index (Phi) is 2.55. The van der Waals surface area contributed by atoms with Crippen LogP contribution in [0.5, 0.6) is 0 Å². The molecule has 1 heterocycles. The molecule has 0 N–H and O–H groups in total. The molecule has 2 aliphatic rings. The zero-order valence-electron chi connectivity index (χ0n) is 9.68. The van der Waals surface area contributed by atoms with Gasteiger partial charge < -0.3 is 0 Å². The summed E-state index contributed by atoms with van der Waals surface area (Å²) in [5.41, 5.74) is 2.15. The number of rotatable bonds is 2. The molecule has 15 heavy (non-hydrogen) atoms. The minimum absolute atomic E-state index is 0.112. The maximum atomic E-state index is 11.6. The first-order valence-corrected chi connectivity index (χ1v) is 5.64. The van der Waals surface area contributed by atoms with E-state index in [0.29, 0.717) is 0 Å². The summed E-state index contributed by atoms with van der Waals surface area (Å²) in [6, 6.07) is 0. The lowest BCUT2D eigenvalue weighted by atomic mass is 9.73. The maximum Gasteiger partial charge on any atom is 0.181 e. The molecule has 0 aromatic rings.